The number of nitrogens with zero attached hydrogens (tertiary/aromatic N) is 3. The van der Waals surface area contributed by atoms with E-state index >= 15 is 0 Å². The Morgan fingerprint density at radius 2 is 2.19 bits per heavy atom. The van der Waals surface area contributed by atoms with Crippen molar-refractivity contribution in [3.63, 3.8) is 0 Å². The zero-order valence-corrected chi connectivity index (χ0v) is 10.5. The first kappa shape index (κ1) is 11.6. The van der Waals surface area contributed by atoms with Gasteiger partial charge in [-0.25, -0.2) is 0 Å². The van der Waals surface area contributed by atoms with Gasteiger partial charge >= 0.3 is 0 Å². The molecule has 1 aromatic rings. The molecule has 1 saturated heterocycles. The molecule has 90 valence electrons. The third-order valence-electron chi connectivity index (χ3n) is 3.52. The summed E-state index contributed by atoms with van der Waals surface area (Å²) in [4.78, 5) is 2.43. The van der Waals surface area contributed by atoms with Crippen molar-refractivity contribution < 1.29 is 0 Å². The molecule has 1 aromatic heterocycles. The lowest BCUT2D eigenvalue weighted by molar-refractivity contribution is 0.325. The van der Waals surface area contributed by atoms with Crippen molar-refractivity contribution in [1.29, 1.82) is 0 Å². The molecular formula is C12H22N4. The van der Waals surface area contributed by atoms with Gasteiger partial charge in [-0.1, -0.05) is 0 Å². The van der Waals surface area contributed by atoms with Gasteiger partial charge in [0, 0.05) is 43.5 Å². The van der Waals surface area contributed by atoms with Crippen LogP contribution in [0.3, 0.4) is 0 Å². The van der Waals surface area contributed by atoms with Crippen LogP contribution in [0.4, 0.5) is 0 Å². The second-order valence-electron chi connectivity index (χ2n) is 4.75. The highest BCUT2D eigenvalue weighted by Crippen LogP contribution is 2.18. The number of aromatic nitrogens is 2. The number of nitrogens with two attached hydrogens (primary N) is 1. The monoisotopic (exact) mass is 222 g/mol. The Morgan fingerprint density at radius 3 is 2.69 bits per heavy atom. The van der Waals surface area contributed by atoms with Crippen molar-refractivity contribution in [2.75, 3.05) is 13.1 Å². The van der Waals surface area contributed by atoms with Crippen LogP contribution in [-0.2, 0) is 13.1 Å². The first-order chi connectivity index (χ1) is 7.61. The smallest absolute Gasteiger partial charge is 0.0641 e. The van der Waals surface area contributed by atoms with Crippen molar-refractivity contribution in [3.05, 3.63) is 17.0 Å². The molecule has 4 nitrogen and oxygen atoms in total. The Balaban J connectivity index is 2.12. The molecule has 2 N–H and O–H groups in total. The predicted octanol–water partition coefficient (Wildman–Crippen LogP) is 1.05. The summed E-state index contributed by atoms with van der Waals surface area (Å²) in [6.45, 7) is 10.5. The minimum atomic E-state index is 0.363. The third-order valence-corrected chi connectivity index (χ3v) is 3.52. The van der Waals surface area contributed by atoms with Gasteiger partial charge in [0.05, 0.1) is 5.69 Å². The average molecular weight is 222 g/mol. The maximum atomic E-state index is 5.92. The normalized spacial score (nSPS) is 21.9. The summed E-state index contributed by atoms with van der Waals surface area (Å²) in [5.41, 5.74) is 9.78. The fraction of sp³-hybridized carbons (Fsp3) is 0.750. The highest BCUT2D eigenvalue weighted by atomic mass is 15.3. The second kappa shape index (κ2) is 4.55. The first-order valence-corrected chi connectivity index (χ1v) is 6.12. The van der Waals surface area contributed by atoms with E-state index in [0.29, 0.717) is 6.04 Å². The highest BCUT2D eigenvalue weighted by Gasteiger charge is 2.21. The summed E-state index contributed by atoms with van der Waals surface area (Å²) in [5.74, 6) is 0. The SMILES string of the molecule is CCn1nc(C)c(CN2CC[C@@H](N)C2)c1C. The summed E-state index contributed by atoms with van der Waals surface area (Å²) in [5, 5.41) is 4.55. The fourth-order valence-electron chi connectivity index (χ4n) is 2.50. The molecule has 1 aliphatic rings. The van der Waals surface area contributed by atoms with Crippen molar-refractivity contribution >= 4 is 0 Å². The van der Waals surface area contributed by atoms with Crippen LogP contribution in [0.25, 0.3) is 0 Å². The molecule has 0 saturated carbocycles. The average Bonchev–Trinajstić information content (AvgIpc) is 2.77. The van der Waals surface area contributed by atoms with Gasteiger partial charge in [0.25, 0.3) is 0 Å². The molecule has 0 radical (unpaired) electrons. The molecule has 1 aliphatic heterocycles. The lowest BCUT2D eigenvalue weighted by Crippen LogP contribution is -2.26. The Morgan fingerprint density at radius 1 is 1.44 bits per heavy atom. The zero-order chi connectivity index (χ0) is 11.7. The highest BCUT2D eigenvalue weighted by molar-refractivity contribution is 5.24. The van der Waals surface area contributed by atoms with E-state index in [1.165, 1.54) is 17.0 Å². The summed E-state index contributed by atoms with van der Waals surface area (Å²) >= 11 is 0. The van der Waals surface area contributed by atoms with Crippen LogP contribution in [0.2, 0.25) is 0 Å². The van der Waals surface area contributed by atoms with E-state index in [-0.39, 0.29) is 0 Å². The maximum Gasteiger partial charge on any atom is 0.0641 e. The van der Waals surface area contributed by atoms with Crippen molar-refractivity contribution in [3.8, 4) is 0 Å². The number of hydrogen-bond donors (Lipinski definition) is 1. The van der Waals surface area contributed by atoms with E-state index in [1.54, 1.807) is 0 Å². The minimum absolute atomic E-state index is 0.363. The molecule has 0 aliphatic carbocycles. The number of likely N-dealkylation sites (tertiary alicyclic amines) is 1. The van der Waals surface area contributed by atoms with Gasteiger partial charge in [-0.2, -0.15) is 5.10 Å². The summed E-state index contributed by atoms with van der Waals surface area (Å²) in [6, 6.07) is 0.363. The molecule has 0 spiro atoms. The zero-order valence-electron chi connectivity index (χ0n) is 10.5. The molecule has 1 atom stereocenters. The third kappa shape index (κ3) is 2.13. The molecule has 2 rings (SSSR count). The molecule has 16 heavy (non-hydrogen) atoms. The van der Waals surface area contributed by atoms with Gasteiger partial charge in [0.2, 0.25) is 0 Å². The van der Waals surface area contributed by atoms with Crippen LogP contribution in [-0.4, -0.2) is 33.8 Å². The number of rotatable bonds is 3. The fourth-order valence-corrected chi connectivity index (χ4v) is 2.50. The van der Waals surface area contributed by atoms with Crippen molar-refractivity contribution in [1.82, 2.24) is 14.7 Å². The molecule has 0 unspecified atom stereocenters. The van der Waals surface area contributed by atoms with Crippen LogP contribution >= 0.6 is 0 Å². The Labute approximate surface area is 97.4 Å². The summed E-state index contributed by atoms with van der Waals surface area (Å²) in [7, 11) is 0. The minimum Gasteiger partial charge on any atom is -0.326 e. The van der Waals surface area contributed by atoms with Crippen molar-refractivity contribution in [2.24, 2.45) is 5.73 Å². The second-order valence-corrected chi connectivity index (χ2v) is 4.75. The summed E-state index contributed by atoms with van der Waals surface area (Å²) < 4.78 is 2.08. The summed E-state index contributed by atoms with van der Waals surface area (Å²) in [6.07, 6.45) is 1.13. The first-order valence-electron chi connectivity index (χ1n) is 6.12. The Kier molecular flexibility index (Phi) is 3.30. The van der Waals surface area contributed by atoms with Crippen LogP contribution in [0.15, 0.2) is 0 Å². The predicted molar refractivity (Wildman–Crippen MR) is 65.2 cm³/mol. The number of hydrogen-bond acceptors (Lipinski definition) is 3. The lowest BCUT2D eigenvalue weighted by atomic mass is 10.2. The molecule has 0 aromatic carbocycles. The van der Waals surface area contributed by atoms with E-state index in [1.807, 2.05) is 0 Å². The van der Waals surface area contributed by atoms with Gasteiger partial charge in [0.1, 0.15) is 0 Å². The quantitative estimate of drug-likeness (QED) is 0.831. The largest absolute Gasteiger partial charge is 0.326 e. The molecule has 0 amide bonds. The van der Waals surface area contributed by atoms with E-state index in [0.717, 1.165) is 32.6 Å². The number of aryl methyl sites for hydroxylation is 2. The Hall–Kier alpha value is -0.870. The van der Waals surface area contributed by atoms with E-state index < -0.39 is 0 Å². The van der Waals surface area contributed by atoms with Gasteiger partial charge in [-0.05, 0) is 27.2 Å². The molecule has 2 heterocycles. The van der Waals surface area contributed by atoms with E-state index in [4.69, 9.17) is 5.73 Å². The molecular weight excluding hydrogens is 200 g/mol. The molecule has 1 fully saturated rings. The van der Waals surface area contributed by atoms with Gasteiger partial charge in [-0.3, -0.25) is 9.58 Å². The van der Waals surface area contributed by atoms with Gasteiger partial charge in [-0.15, -0.1) is 0 Å². The molecule has 0 bridgehead atoms. The van der Waals surface area contributed by atoms with E-state index in [2.05, 4.69) is 35.5 Å². The Bertz CT molecular complexity index is 369. The van der Waals surface area contributed by atoms with Crippen LogP contribution in [0.5, 0.6) is 0 Å². The van der Waals surface area contributed by atoms with Crippen LogP contribution in [0, 0.1) is 13.8 Å². The van der Waals surface area contributed by atoms with Gasteiger partial charge < -0.3 is 5.73 Å². The molecule has 4 heteroatoms. The van der Waals surface area contributed by atoms with Gasteiger partial charge in [0.15, 0.2) is 0 Å². The standard InChI is InChI=1S/C12H22N4/c1-4-16-10(3)12(9(2)14-16)8-15-6-5-11(13)7-15/h11H,4-8,13H2,1-3H3/t11-/m1/s1. The van der Waals surface area contributed by atoms with E-state index in [9.17, 15) is 0 Å². The van der Waals surface area contributed by atoms with Crippen LogP contribution in [0.1, 0.15) is 30.3 Å². The van der Waals surface area contributed by atoms with Crippen molar-refractivity contribution in [2.45, 2.75) is 46.3 Å². The lowest BCUT2D eigenvalue weighted by Gasteiger charge is -2.15. The van der Waals surface area contributed by atoms with Crippen LogP contribution < -0.4 is 5.73 Å². The topological polar surface area (TPSA) is 47.1 Å². The maximum absolute atomic E-state index is 5.92.